The predicted octanol–water partition coefficient (Wildman–Crippen LogP) is 2.17. The number of amides is 2. The Balaban J connectivity index is 4.30. The maximum absolute atomic E-state index is 11.4. The van der Waals surface area contributed by atoms with Gasteiger partial charge in [0.15, 0.2) is 5.17 Å². The van der Waals surface area contributed by atoms with E-state index in [2.05, 4.69) is 21.4 Å². The zero-order valence-corrected chi connectivity index (χ0v) is 14.3. The molecule has 0 saturated carbocycles. The summed E-state index contributed by atoms with van der Waals surface area (Å²) in [4.78, 5) is 22.8. The normalized spacial score (nSPS) is 12.4. The Hall–Kier alpha value is -1.64. The van der Waals surface area contributed by atoms with Crippen LogP contribution in [0.15, 0.2) is 5.10 Å². The van der Waals surface area contributed by atoms with Crippen LogP contribution in [0, 0.1) is 0 Å². The molecule has 0 heterocycles. The first-order valence-corrected chi connectivity index (χ1v) is 7.51. The van der Waals surface area contributed by atoms with Crippen molar-refractivity contribution in [3.05, 3.63) is 0 Å². The van der Waals surface area contributed by atoms with Crippen molar-refractivity contribution < 1.29 is 19.1 Å². The number of thioether (sulfide) groups is 1. The molecular formula is C12H24N4O4S. The molecule has 0 fully saturated rings. The number of nitrogens with one attached hydrogen (secondary N) is 3. The van der Waals surface area contributed by atoms with Gasteiger partial charge in [0.1, 0.15) is 11.2 Å². The Morgan fingerprint density at radius 1 is 0.905 bits per heavy atom. The molecule has 0 aromatic carbocycles. The van der Waals surface area contributed by atoms with Gasteiger partial charge in [-0.25, -0.2) is 20.4 Å². The van der Waals surface area contributed by atoms with Crippen LogP contribution in [-0.4, -0.2) is 34.8 Å². The number of carbonyl (C=O) groups excluding carboxylic acids is 2. The minimum Gasteiger partial charge on any atom is -0.443 e. The van der Waals surface area contributed by atoms with Crippen molar-refractivity contribution >= 4 is 29.1 Å². The molecule has 9 heteroatoms. The third kappa shape index (κ3) is 11.9. The topological polar surface area (TPSA) is 101 Å². The van der Waals surface area contributed by atoms with Crippen LogP contribution >= 0.6 is 11.8 Å². The van der Waals surface area contributed by atoms with Gasteiger partial charge >= 0.3 is 12.2 Å². The van der Waals surface area contributed by atoms with Gasteiger partial charge in [0, 0.05) is 0 Å². The number of hydrogen-bond donors (Lipinski definition) is 3. The van der Waals surface area contributed by atoms with Gasteiger partial charge < -0.3 is 9.47 Å². The molecule has 0 bridgehead atoms. The van der Waals surface area contributed by atoms with Crippen LogP contribution in [0.5, 0.6) is 0 Å². The fourth-order valence-corrected chi connectivity index (χ4v) is 1.22. The maximum atomic E-state index is 11.4. The van der Waals surface area contributed by atoms with E-state index in [0.29, 0.717) is 0 Å². The molecule has 0 aromatic heterocycles. The lowest BCUT2D eigenvalue weighted by molar-refractivity contribution is 0.0512. The smallest absolute Gasteiger partial charge is 0.428 e. The number of hydrazine groups is 1. The number of amidine groups is 1. The highest BCUT2D eigenvalue weighted by atomic mass is 32.2. The van der Waals surface area contributed by atoms with Crippen molar-refractivity contribution in [1.82, 2.24) is 16.3 Å². The molecule has 8 nitrogen and oxygen atoms in total. The fraction of sp³-hybridized carbons (Fsp3) is 0.750. The van der Waals surface area contributed by atoms with Crippen LogP contribution < -0.4 is 16.3 Å². The average molecular weight is 320 g/mol. The van der Waals surface area contributed by atoms with Gasteiger partial charge in [0.2, 0.25) is 0 Å². The van der Waals surface area contributed by atoms with E-state index in [-0.39, 0.29) is 5.17 Å². The van der Waals surface area contributed by atoms with Crippen LogP contribution in [0.1, 0.15) is 41.5 Å². The van der Waals surface area contributed by atoms with Crippen molar-refractivity contribution in [1.29, 1.82) is 0 Å². The quantitative estimate of drug-likeness (QED) is 0.389. The summed E-state index contributed by atoms with van der Waals surface area (Å²) in [6.45, 7) is 10.5. The number of rotatable bonds is 1. The van der Waals surface area contributed by atoms with E-state index in [1.807, 2.05) is 0 Å². The lowest BCUT2D eigenvalue weighted by Gasteiger charge is -2.20. The zero-order valence-electron chi connectivity index (χ0n) is 13.5. The Morgan fingerprint density at radius 3 is 1.81 bits per heavy atom. The summed E-state index contributed by atoms with van der Waals surface area (Å²) in [6, 6.07) is 0. The van der Waals surface area contributed by atoms with E-state index >= 15 is 0 Å². The Morgan fingerprint density at radius 2 is 1.38 bits per heavy atom. The van der Waals surface area contributed by atoms with E-state index in [1.54, 1.807) is 47.8 Å². The number of nitrogens with zero attached hydrogens (tertiary/aromatic N) is 1. The number of hydrogen-bond acceptors (Lipinski definition) is 6. The number of ether oxygens (including phenoxy) is 2. The first-order valence-electron chi connectivity index (χ1n) is 6.28. The molecule has 2 amide bonds. The third-order valence-electron chi connectivity index (χ3n) is 1.51. The molecule has 0 spiro atoms. The van der Waals surface area contributed by atoms with Gasteiger partial charge in [0.25, 0.3) is 0 Å². The van der Waals surface area contributed by atoms with Crippen molar-refractivity contribution in [2.45, 2.75) is 52.7 Å². The second-order valence-electron chi connectivity index (χ2n) is 5.99. The molecule has 0 aliphatic carbocycles. The second-order valence-corrected chi connectivity index (χ2v) is 6.78. The molecule has 122 valence electrons. The lowest BCUT2D eigenvalue weighted by Crippen LogP contribution is -2.44. The standard InChI is InChI=1S/C12H24N4O4S/c1-11(2,3)19-9(17)15-13-8(21-7)14-16-10(18)20-12(4,5)6/h1-7H3,(H,13,14)(H,15,17)(H,16,18). The third-order valence-corrected chi connectivity index (χ3v) is 2.09. The minimum atomic E-state index is -0.687. The largest absolute Gasteiger partial charge is 0.443 e. The second kappa shape index (κ2) is 7.96. The number of carbonyl (C=O) groups is 2. The Labute approximate surface area is 129 Å². The summed E-state index contributed by atoms with van der Waals surface area (Å²) in [5.41, 5.74) is 5.84. The Bertz CT molecular complexity index is 399. The van der Waals surface area contributed by atoms with Crippen molar-refractivity contribution in [2.75, 3.05) is 6.26 Å². The molecule has 3 N–H and O–H groups in total. The highest BCUT2D eigenvalue weighted by Gasteiger charge is 2.17. The number of hydrazone groups is 1. The van der Waals surface area contributed by atoms with Crippen molar-refractivity contribution in [3.63, 3.8) is 0 Å². The summed E-state index contributed by atoms with van der Waals surface area (Å²) >= 11 is 1.19. The first kappa shape index (κ1) is 19.4. The lowest BCUT2D eigenvalue weighted by atomic mass is 10.2. The Kier molecular flexibility index (Phi) is 7.34. The van der Waals surface area contributed by atoms with E-state index in [1.165, 1.54) is 11.8 Å². The fourth-order valence-electron chi connectivity index (χ4n) is 0.930. The van der Waals surface area contributed by atoms with E-state index in [0.717, 1.165) is 0 Å². The predicted molar refractivity (Wildman–Crippen MR) is 82.8 cm³/mol. The highest BCUT2D eigenvalue weighted by Crippen LogP contribution is 2.07. The molecule has 0 aliphatic heterocycles. The van der Waals surface area contributed by atoms with E-state index in [9.17, 15) is 9.59 Å². The SMILES string of the molecule is CS/C(=N\NC(=O)OC(C)(C)C)NNC(=O)OC(C)(C)C. The molecule has 0 rings (SSSR count). The van der Waals surface area contributed by atoms with Gasteiger partial charge in [-0.3, -0.25) is 5.43 Å². The van der Waals surface area contributed by atoms with Gasteiger partial charge in [-0.15, -0.1) is 5.10 Å². The van der Waals surface area contributed by atoms with Crippen LogP contribution in [0.2, 0.25) is 0 Å². The van der Waals surface area contributed by atoms with Crippen molar-refractivity contribution in [3.8, 4) is 0 Å². The molecule has 21 heavy (non-hydrogen) atoms. The molecule has 0 radical (unpaired) electrons. The maximum Gasteiger partial charge on any atom is 0.428 e. The first-order chi connectivity index (χ1) is 9.43. The van der Waals surface area contributed by atoms with Crippen LogP contribution in [0.3, 0.4) is 0 Å². The van der Waals surface area contributed by atoms with E-state index in [4.69, 9.17) is 9.47 Å². The summed E-state index contributed by atoms with van der Waals surface area (Å²) in [5.74, 6) is 0. The summed E-state index contributed by atoms with van der Waals surface area (Å²) in [5, 5.41) is 4.04. The molecule has 0 aromatic rings. The van der Waals surface area contributed by atoms with E-state index < -0.39 is 23.4 Å². The molecule has 0 atom stereocenters. The summed E-state index contributed by atoms with van der Waals surface area (Å²) < 4.78 is 10.1. The van der Waals surface area contributed by atoms with Crippen LogP contribution in [-0.2, 0) is 9.47 Å². The van der Waals surface area contributed by atoms with Gasteiger partial charge in [-0.05, 0) is 47.8 Å². The summed E-state index contributed by atoms with van der Waals surface area (Å²) in [7, 11) is 0. The van der Waals surface area contributed by atoms with Crippen LogP contribution in [0.4, 0.5) is 9.59 Å². The molecule has 0 aliphatic rings. The molecule has 0 saturated heterocycles. The van der Waals surface area contributed by atoms with Crippen molar-refractivity contribution in [2.24, 2.45) is 5.10 Å². The minimum absolute atomic E-state index is 0.270. The zero-order chi connectivity index (χ0) is 16.7. The molecule has 0 unspecified atom stereocenters. The molecular weight excluding hydrogens is 296 g/mol. The van der Waals surface area contributed by atoms with Gasteiger partial charge in [-0.2, -0.15) is 0 Å². The van der Waals surface area contributed by atoms with Crippen LogP contribution in [0.25, 0.3) is 0 Å². The average Bonchev–Trinajstić information content (AvgIpc) is 2.24. The summed E-state index contributed by atoms with van der Waals surface area (Å²) in [6.07, 6.45) is 0.383. The highest BCUT2D eigenvalue weighted by molar-refractivity contribution is 8.13. The monoisotopic (exact) mass is 320 g/mol. The van der Waals surface area contributed by atoms with Gasteiger partial charge in [-0.1, -0.05) is 11.8 Å². The van der Waals surface area contributed by atoms with Gasteiger partial charge in [0.05, 0.1) is 0 Å².